The minimum Gasteiger partial charge on any atom is -0.312 e. The third kappa shape index (κ3) is 4.95. The zero-order chi connectivity index (χ0) is 41.7. The lowest BCUT2D eigenvalue weighted by Crippen LogP contribution is -2.17. The average molecular weight is 784 g/mol. The molecule has 61 heavy (non-hydrogen) atoms. The van der Waals surface area contributed by atoms with Gasteiger partial charge in [-0.25, -0.2) is 0 Å². The molecule has 12 rings (SSSR count). The molecule has 0 fully saturated rings. The van der Waals surface area contributed by atoms with Crippen molar-refractivity contribution in [3.63, 3.8) is 0 Å². The third-order valence-electron chi connectivity index (χ3n) is 14.1. The van der Waals surface area contributed by atoms with Crippen LogP contribution in [0.15, 0.2) is 152 Å². The number of nitrogens with zero attached hydrogens (tertiary/aromatic N) is 1. The van der Waals surface area contributed by atoms with Crippen molar-refractivity contribution in [2.75, 3.05) is 0 Å². The van der Waals surface area contributed by atoms with Gasteiger partial charge in [0, 0.05) is 21.9 Å². The van der Waals surface area contributed by atoms with Crippen LogP contribution in [-0.2, 0) is 10.8 Å². The Hall–Kier alpha value is -6.70. The van der Waals surface area contributed by atoms with Gasteiger partial charge in [0.1, 0.15) is 0 Å². The van der Waals surface area contributed by atoms with Gasteiger partial charge in [-0.1, -0.05) is 175 Å². The molecule has 0 amide bonds. The third-order valence-corrected chi connectivity index (χ3v) is 14.1. The van der Waals surface area contributed by atoms with Crippen LogP contribution in [0.3, 0.4) is 0 Å². The zero-order valence-corrected chi connectivity index (χ0v) is 36.4. The molecular weight excluding hydrogens is 735 g/mol. The Bertz CT molecular complexity index is 3820. The minimum atomic E-state index is -0.0581. The van der Waals surface area contributed by atoms with Crippen LogP contribution in [0.4, 0.5) is 0 Å². The molecule has 0 saturated carbocycles. The summed E-state index contributed by atoms with van der Waals surface area (Å²) in [5.74, 6) is 0. The molecule has 0 N–H and O–H groups in total. The molecule has 294 valence electrons. The van der Waals surface area contributed by atoms with Crippen molar-refractivity contribution in [3.8, 4) is 16.8 Å². The highest BCUT2D eigenvalue weighted by Gasteiger charge is 2.28. The summed E-state index contributed by atoms with van der Waals surface area (Å²) in [6.45, 7) is 18.9. The molecule has 1 heterocycles. The van der Waals surface area contributed by atoms with Gasteiger partial charge in [0.25, 0.3) is 0 Å². The maximum absolute atomic E-state index is 2.58. The molecule has 0 bridgehead atoms. The summed E-state index contributed by atoms with van der Waals surface area (Å²) in [4.78, 5) is 0. The van der Waals surface area contributed by atoms with Gasteiger partial charge in [0.15, 0.2) is 0 Å². The zero-order valence-electron chi connectivity index (χ0n) is 36.4. The highest BCUT2D eigenvalue weighted by Crippen LogP contribution is 2.49. The van der Waals surface area contributed by atoms with Crippen LogP contribution in [0.1, 0.15) is 63.9 Å². The number of fused-ring (bicyclic) bond motifs is 10. The molecular formula is C60H49N. The predicted octanol–water partition coefficient (Wildman–Crippen LogP) is 17.2. The molecule has 1 heteroatoms. The summed E-state index contributed by atoms with van der Waals surface area (Å²) in [5, 5.41) is 22.4. The fourth-order valence-electron chi connectivity index (χ4n) is 11.6. The van der Waals surface area contributed by atoms with E-state index in [1.807, 2.05) is 0 Å². The summed E-state index contributed by atoms with van der Waals surface area (Å²) in [7, 11) is 0. The van der Waals surface area contributed by atoms with E-state index < -0.39 is 0 Å². The van der Waals surface area contributed by atoms with E-state index in [4.69, 9.17) is 0 Å². The minimum absolute atomic E-state index is 0.0281. The van der Waals surface area contributed by atoms with E-state index in [2.05, 4.69) is 212 Å². The van der Waals surface area contributed by atoms with E-state index in [1.165, 1.54) is 136 Å². The second kappa shape index (κ2) is 12.4. The van der Waals surface area contributed by atoms with Gasteiger partial charge in [-0.2, -0.15) is 0 Å². The number of aryl methyl sites for hydroxylation is 1. The molecule has 1 aromatic heterocycles. The highest BCUT2D eigenvalue weighted by atomic mass is 15.0. The van der Waals surface area contributed by atoms with Crippen LogP contribution in [0.5, 0.6) is 0 Å². The van der Waals surface area contributed by atoms with Crippen molar-refractivity contribution in [1.82, 2.24) is 4.57 Å². The molecule has 11 aromatic carbocycles. The standard InChI is InChI=1S/C60H49N/c1-34-35(2)61(51-31-28-38-25-24-36-16-15-17-37-26-30-47(51)54(38)53(36)37)58-46-23-14-10-19-41(46)49-33-48(40-18-9-11-20-42(40)55(49)52(34)58)39-27-29-45-50(32-39)57(60(6,7)8)44-22-13-12-21-43(44)56(45)59(3,4)5/h9-33H,1-8H3. The fraction of sp³-hybridized carbons (Fsp3) is 0.167. The molecule has 0 aliphatic carbocycles. The molecule has 1 nitrogen and oxygen atoms in total. The van der Waals surface area contributed by atoms with E-state index in [0.717, 1.165) is 0 Å². The van der Waals surface area contributed by atoms with Crippen LogP contribution in [0.2, 0.25) is 0 Å². The predicted molar refractivity (Wildman–Crippen MR) is 267 cm³/mol. The van der Waals surface area contributed by atoms with Gasteiger partial charge in [-0.3, -0.25) is 0 Å². The van der Waals surface area contributed by atoms with E-state index in [1.54, 1.807) is 0 Å². The first-order valence-electron chi connectivity index (χ1n) is 21.9. The van der Waals surface area contributed by atoms with Crippen molar-refractivity contribution in [1.29, 1.82) is 0 Å². The Kier molecular flexibility index (Phi) is 7.37. The first-order valence-corrected chi connectivity index (χ1v) is 21.9. The van der Waals surface area contributed by atoms with Crippen LogP contribution >= 0.6 is 0 Å². The quantitative estimate of drug-likeness (QED) is 0.122. The number of hydrogen-bond acceptors (Lipinski definition) is 0. The first-order chi connectivity index (χ1) is 29.4. The number of rotatable bonds is 2. The van der Waals surface area contributed by atoms with Crippen molar-refractivity contribution in [2.45, 2.75) is 66.2 Å². The number of aromatic nitrogens is 1. The number of hydrogen-bond donors (Lipinski definition) is 0. The van der Waals surface area contributed by atoms with Crippen LogP contribution in [0.25, 0.3) is 114 Å². The highest BCUT2D eigenvalue weighted by molar-refractivity contribution is 6.34. The Morgan fingerprint density at radius 2 is 0.885 bits per heavy atom. The molecule has 0 saturated heterocycles. The van der Waals surface area contributed by atoms with Crippen LogP contribution in [0, 0.1) is 13.8 Å². The summed E-state index contributed by atoms with van der Waals surface area (Å²) >= 11 is 0. The second-order valence-corrected chi connectivity index (χ2v) is 19.7. The van der Waals surface area contributed by atoms with Gasteiger partial charge in [0.05, 0.1) is 11.2 Å². The fourth-order valence-corrected chi connectivity index (χ4v) is 11.6. The lowest BCUT2D eigenvalue weighted by atomic mass is 9.73. The molecule has 0 unspecified atom stereocenters. The van der Waals surface area contributed by atoms with E-state index >= 15 is 0 Å². The van der Waals surface area contributed by atoms with Crippen molar-refractivity contribution < 1.29 is 0 Å². The van der Waals surface area contributed by atoms with E-state index in [-0.39, 0.29) is 10.8 Å². The SMILES string of the molecule is Cc1c(C)n(-c2ccc3ccc4cccc5ccc2c3c45)c2c3ccccc3c3cc(-c4ccc5c(C(C)(C)C)c6ccccc6c(C(C)(C)C)c5c4)c4ccccc4c3c12. The molecule has 0 atom stereocenters. The number of benzene rings is 11. The van der Waals surface area contributed by atoms with Gasteiger partial charge in [0.2, 0.25) is 0 Å². The first kappa shape index (κ1) is 36.2. The molecule has 12 aromatic rings. The smallest absolute Gasteiger partial charge is 0.0619 e. The molecule has 0 aliphatic rings. The Balaban J connectivity index is 1.20. The summed E-state index contributed by atoms with van der Waals surface area (Å²) < 4.78 is 2.58. The van der Waals surface area contributed by atoms with E-state index in [9.17, 15) is 0 Å². The second-order valence-electron chi connectivity index (χ2n) is 19.7. The molecule has 0 spiro atoms. The lowest BCUT2D eigenvalue weighted by molar-refractivity contribution is 0.593. The van der Waals surface area contributed by atoms with Gasteiger partial charge in [-0.05, 0) is 146 Å². The maximum Gasteiger partial charge on any atom is 0.0619 e. The van der Waals surface area contributed by atoms with Crippen molar-refractivity contribution in [3.05, 3.63) is 174 Å². The maximum atomic E-state index is 2.58. The van der Waals surface area contributed by atoms with Crippen molar-refractivity contribution >= 4 is 97.1 Å². The average Bonchev–Trinajstić information content (AvgIpc) is 3.52. The van der Waals surface area contributed by atoms with Crippen LogP contribution < -0.4 is 0 Å². The Labute approximate surface area is 357 Å². The normalized spacial score (nSPS) is 12.9. The Morgan fingerprint density at radius 1 is 0.361 bits per heavy atom. The monoisotopic (exact) mass is 783 g/mol. The van der Waals surface area contributed by atoms with Gasteiger partial charge < -0.3 is 4.57 Å². The van der Waals surface area contributed by atoms with Crippen molar-refractivity contribution in [2.24, 2.45) is 0 Å². The topological polar surface area (TPSA) is 4.93 Å². The van der Waals surface area contributed by atoms with Crippen LogP contribution in [-0.4, -0.2) is 4.57 Å². The largest absolute Gasteiger partial charge is 0.312 e. The summed E-state index contributed by atoms with van der Waals surface area (Å²) in [5.41, 5.74) is 10.4. The summed E-state index contributed by atoms with van der Waals surface area (Å²) in [6, 6.07) is 57.8. The molecule has 0 aliphatic heterocycles. The van der Waals surface area contributed by atoms with Gasteiger partial charge in [-0.15, -0.1) is 0 Å². The van der Waals surface area contributed by atoms with Gasteiger partial charge >= 0.3 is 0 Å². The molecule has 0 radical (unpaired) electrons. The van der Waals surface area contributed by atoms with E-state index in [0.29, 0.717) is 0 Å². The summed E-state index contributed by atoms with van der Waals surface area (Å²) in [6.07, 6.45) is 0. The lowest BCUT2D eigenvalue weighted by Gasteiger charge is -2.30. The Morgan fingerprint density at radius 3 is 1.56 bits per heavy atom.